The summed E-state index contributed by atoms with van der Waals surface area (Å²) in [6, 6.07) is 9.40. The minimum Gasteiger partial charge on any atom is -0.436 e. The number of benzene rings is 1. The molecule has 0 radical (unpaired) electrons. The molecular formula is C17H15N3O2. The average molecular weight is 293 g/mol. The minimum absolute atomic E-state index is 0.113. The van der Waals surface area contributed by atoms with E-state index in [-0.39, 0.29) is 5.91 Å². The first-order chi connectivity index (χ1) is 10.6. The quantitative estimate of drug-likeness (QED) is 0.800. The molecule has 0 fully saturated rings. The largest absolute Gasteiger partial charge is 0.436 e. The van der Waals surface area contributed by atoms with E-state index >= 15 is 0 Å². The fourth-order valence-electron chi connectivity index (χ4n) is 2.17. The number of nitrogens with zero attached hydrogens (tertiary/aromatic N) is 2. The predicted octanol–water partition coefficient (Wildman–Crippen LogP) is 3.67. The second-order valence-corrected chi connectivity index (χ2v) is 4.98. The van der Waals surface area contributed by atoms with E-state index in [4.69, 9.17) is 4.42 Å². The van der Waals surface area contributed by atoms with Gasteiger partial charge in [0.2, 0.25) is 11.8 Å². The molecule has 0 atom stereocenters. The Morgan fingerprint density at radius 2 is 2.09 bits per heavy atom. The molecule has 22 heavy (non-hydrogen) atoms. The van der Waals surface area contributed by atoms with E-state index in [0.717, 1.165) is 16.7 Å². The van der Waals surface area contributed by atoms with Crippen molar-refractivity contribution >= 4 is 11.6 Å². The zero-order valence-electron chi connectivity index (χ0n) is 12.3. The van der Waals surface area contributed by atoms with Gasteiger partial charge in [-0.2, -0.15) is 0 Å². The first-order valence-corrected chi connectivity index (χ1v) is 6.88. The zero-order valence-corrected chi connectivity index (χ0v) is 12.3. The van der Waals surface area contributed by atoms with Crippen LogP contribution in [0.25, 0.3) is 22.8 Å². The summed E-state index contributed by atoms with van der Waals surface area (Å²) >= 11 is 0. The highest BCUT2D eigenvalue weighted by atomic mass is 16.4. The number of pyridine rings is 1. The SMILES string of the molecule is CC(=O)Nc1ccc(C)c(-c2ncc(-c3cccnc3)o2)c1. The number of carbonyl (C=O) groups is 1. The Morgan fingerprint density at radius 1 is 1.23 bits per heavy atom. The monoisotopic (exact) mass is 293 g/mol. The lowest BCUT2D eigenvalue weighted by atomic mass is 10.1. The maximum absolute atomic E-state index is 11.2. The summed E-state index contributed by atoms with van der Waals surface area (Å²) in [4.78, 5) is 19.6. The third kappa shape index (κ3) is 2.88. The zero-order chi connectivity index (χ0) is 15.5. The van der Waals surface area contributed by atoms with E-state index in [1.54, 1.807) is 18.6 Å². The number of anilines is 1. The van der Waals surface area contributed by atoms with E-state index in [0.29, 0.717) is 17.3 Å². The van der Waals surface area contributed by atoms with Crippen molar-refractivity contribution in [1.82, 2.24) is 9.97 Å². The summed E-state index contributed by atoms with van der Waals surface area (Å²) in [7, 11) is 0. The standard InChI is InChI=1S/C17H15N3O2/c1-11-5-6-14(20-12(2)21)8-15(11)17-19-10-16(22-17)13-4-3-7-18-9-13/h3-10H,1-2H3,(H,20,21). The normalized spacial score (nSPS) is 10.5. The van der Waals surface area contributed by atoms with E-state index in [1.807, 2.05) is 37.3 Å². The van der Waals surface area contributed by atoms with Crippen LogP contribution in [-0.4, -0.2) is 15.9 Å². The van der Waals surface area contributed by atoms with Gasteiger partial charge in [-0.05, 0) is 36.8 Å². The molecule has 5 nitrogen and oxygen atoms in total. The Labute approximate surface area is 128 Å². The number of oxazole rings is 1. The van der Waals surface area contributed by atoms with Gasteiger partial charge in [-0.15, -0.1) is 0 Å². The fourth-order valence-corrected chi connectivity index (χ4v) is 2.17. The molecule has 3 rings (SSSR count). The van der Waals surface area contributed by atoms with Crippen molar-refractivity contribution in [3.05, 3.63) is 54.5 Å². The van der Waals surface area contributed by atoms with Crippen LogP contribution in [0.15, 0.2) is 53.3 Å². The Kier molecular flexibility index (Phi) is 3.70. The van der Waals surface area contributed by atoms with Crippen molar-refractivity contribution < 1.29 is 9.21 Å². The molecule has 0 aliphatic heterocycles. The van der Waals surface area contributed by atoms with Crippen LogP contribution in [0.2, 0.25) is 0 Å². The molecule has 2 aromatic heterocycles. The van der Waals surface area contributed by atoms with Crippen molar-refractivity contribution in [3.63, 3.8) is 0 Å². The van der Waals surface area contributed by atoms with Crippen LogP contribution in [-0.2, 0) is 4.79 Å². The van der Waals surface area contributed by atoms with Crippen LogP contribution in [0.5, 0.6) is 0 Å². The summed E-state index contributed by atoms with van der Waals surface area (Å²) in [5.74, 6) is 1.06. The number of carbonyl (C=O) groups excluding carboxylic acids is 1. The summed E-state index contributed by atoms with van der Waals surface area (Å²) < 4.78 is 5.83. The fraction of sp³-hybridized carbons (Fsp3) is 0.118. The van der Waals surface area contributed by atoms with Crippen molar-refractivity contribution in [2.24, 2.45) is 0 Å². The Morgan fingerprint density at radius 3 is 2.82 bits per heavy atom. The third-order valence-corrected chi connectivity index (χ3v) is 3.24. The summed E-state index contributed by atoms with van der Waals surface area (Å²) in [5.41, 5.74) is 3.46. The molecular weight excluding hydrogens is 278 g/mol. The van der Waals surface area contributed by atoms with Gasteiger partial charge in [0.05, 0.1) is 6.20 Å². The van der Waals surface area contributed by atoms with E-state index in [2.05, 4.69) is 15.3 Å². The number of aryl methyl sites for hydroxylation is 1. The van der Waals surface area contributed by atoms with Gasteiger partial charge in [0.25, 0.3) is 0 Å². The van der Waals surface area contributed by atoms with Gasteiger partial charge in [0.15, 0.2) is 5.76 Å². The Hall–Kier alpha value is -2.95. The molecule has 110 valence electrons. The minimum atomic E-state index is -0.113. The number of rotatable bonds is 3. The molecule has 1 N–H and O–H groups in total. The number of amides is 1. The number of hydrogen-bond donors (Lipinski definition) is 1. The predicted molar refractivity (Wildman–Crippen MR) is 84.2 cm³/mol. The third-order valence-electron chi connectivity index (χ3n) is 3.24. The number of nitrogens with one attached hydrogen (secondary N) is 1. The topological polar surface area (TPSA) is 68.0 Å². The van der Waals surface area contributed by atoms with Gasteiger partial charge in [0, 0.05) is 36.1 Å². The van der Waals surface area contributed by atoms with Gasteiger partial charge in [-0.25, -0.2) is 4.98 Å². The average Bonchev–Trinajstić information content (AvgIpc) is 2.99. The van der Waals surface area contributed by atoms with E-state index < -0.39 is 0 Å². The summed E-state index contributed by atoms with van der Waals surface area (Å²) in [6.45, 7) is 3.45. The van der Waals surface area contributed by atoms with Gasteiger partial charge in [0.1, 0.15) is 0 Å². The van der Waals surface area contributed by atoms with Crippen LogP contribution in [0.1, 0.15) is 12.5 Å². The molecule has 0 aliphatic carbocycles. The number of hydrogen-bond acceptors (Lipinski definition) is 4. The highest BCUT2D eigenvalue weighted by molar-refractivity contribution is 5.89. The molecule has 0 aliphatic rings. The van der Waals surface area contributed by atoms with Crippen molar-refractivity contribution in [2.45, 2.75) is 13.8 Å². The van der Waals surface area contributed by atoms with E-state index in [1.165, 1.54) is 6.92 Å². The second-order valence-electron chi connectivity index (χ2n) is 4.98. The second kappa shape index (κ2) is 5.81. The molecule has 1 amide bonds. The van der Waals surface area contributed by atoms with E-state index in [9.17, 15) is 4.79 Å². The molecule has 5 heteroatoms. The Balaban J connectivity index is 1.98. The van der Waals surface area contributed by atoms with Crippen molar-refractivity contribution in [3.8, 4) is 22.8 Å². The smallest absolute Gasteiger partial charge is 0.227 e. The van der Waals surface area contributed by atoms with Gasteiger partial charge >= 0.3 is 0 Å². The van der Waals surface area contributed by atoms with Crippen molar-refractivity contribution in [2.75, 3.05) is 5.32 Å². The molecule has 0 spiro atoms. The van der Waals surface area contributed by atoms with Gasteiger partial charge < -0.3 is 9.73 Å². The summed E-state index contributed by atoms with van der Waals surface area (Å²) in [6.07, 6.45) is 5.11. The van der Waals surface area contributed by atoms with Gasteiger partial charge in [-0.1, -0.05) is 6.07 Å². The maximum Gasteiger partial charge on any atom is 0.227 e. The molecule has 1 aromatic carbocycles. The lowest BCUT2D eigenvalue weighted by Crippen LogP contribution is -2.05. The van der Waals surface area contributed by atoms with Crippen LogP contribution < -0.4 is 5.32 Å². The maximum atomic E-state index is 11.2. The van der Waals surface area contributed by atoms with Crippen LogP contribution in [0.4, 0.5) is 5.69 Å². The Bertz CT molecular complexity index is 810. The highest BCUT2D eigenvalue weighted by Gasteiger charge is 2.12. The lowest BCUT2D eigenvalue weighted by Gasteiger charge is -2.06. The van der Waals surface area contributed by atoms with Gasteiger partial charge in [-0.3, -0.25) is 9.78 Å². The molecule has 0 unspecified atom stereocenters. The first-order valence-electron chi connectivity index (χ1n) is 6.88. The van der Waals surface area contributed by atoms with Crippen LogP contribution in [0, 0.1) is 6.92 Å². The molecule has 0 saturated heterocycles. The molecule has 2 heterocycles. The first kappa shape index (κ1) is 14.0. The van der Waals surface area contributed by atoms with Crippen LogP contribution >= 0.6 is 0 Å². The molecule has 0 bridgehead atoms. The lowest BCUT2D eigenvalue weighted by molar-refractivity contribution is -0.114. The molecule has 3 aromatic rings. The number of aromatic nitrogens is 2. The molecule has 0 saturated carbocycles. The summed E-state index contributed by atoms with van der Waals surface area (Å²) in [5, 5.41) is 2.76. The van der Waals surface area contributed by atoms with Crippen molar-refractivity contribution in [1.29, 1.82) is 0 Å². The van der Waals surface area contributed by atoms with Crippen LogP contribution in [0.3, 0.4) is 0 Å². The highest BCUT2D eigenvalue weighted by Crippen LogP contribution is 2.29.